The molecular weight excluding hydrogens is 395 g/mol. The molecule has 0 bridgehead atoms. The Balaban J connectivity index is 1.47. The zero-order valence-electron chi connectivity index (χ0n) is 16.4. The van der Waals surface area contributed by atoms with E-state index in [-0.39, 0.29) is 11.6 Å². The van der Waals surface area contributed by atoms with Gasteiger partial charge in [0.05, 0.1) is 17.3 Å². The number of nitrogens with zero attached hydrogens (tertiary/aromatic N) is 2. The molecule has 30 heavy (non-hydrogen) atoms. The SMILES string of the molecule is CC(C(=O)Nc1ccccc1C(F)(F)F)N1CCCC(c2nc3ccccc3o2)C1. The van der Waals surface area contributed by atoms with Crippen molar-refractivity contribution in [3.05, 3.63) is 60.0 Å². The number of benzene rings is 2. The van der Waals surface area contributed by atoms with Crippen molar-refractivity contribution in [1.29, 1.82) is 0 Å². The number of carbonyl (C=O) groups is 1. The molecule has 2 aromatic carbocycles. The second-order valence-electron chi connectivity index (χ2n) is 7.56. The van der Waals surface area contributed by atoms with Crippen LogP contribution in [0.3, 0.4) is 0 Å². The molecule has 8 heteroatoms. The first kappa shape index (κ1) is 20.4. The molecule has 1 fully saturated rings. The highest BCUT2D eigenvalue weighted by atomic mass is 19.4. The monoisotopic (exact) mass is 417 g/mol. The Labute approximate surface area is 171 Å². The number of likely N-dealkylation sites (tertiary alicyclic amines) is 1. The van der Waals surface area contributed by atoms with Gasteiger partial charge in [0.1, 0.15) is 5.52 Å². The first-order valence-corrected chi connectivity index (χ1v) is 9.89. The summed E-state index contributed by atoms with van der Waals surface area (Å²) in [5, 5.41) is 2.45. The number of fused-ring (bicyclic) bond motifs is 1. The van der Waals surface area contributed by atoms with Gasteiger partial charge in [0, 0.05) is 12.5 Å². The average Bonchev–Trinajstić information content (AvgIpc) is 3.17. The van der Waals surface area contributed by atoms with Crippen LogP contribution in [0.25, 0.3) is 11.1 Å². The smallest absolute Gasteiger partial charge is 0.418 e. The molecule has 1 saturated heterocycles. The summed E-state index contributed by atoms with van der Waals surface area (Å²) in [7, 11) is 0. The molecule has 1 amide bonds. The molecule has 2 heterocycles. The number of hydrogen-bond donors (Lipinski definition) is 1. The summed E-state index contributed by atoms with van der Waals surface area (Å²) in [6.07, 6.45) is -2.80. The Morgan fingerprint density at radius 2 is 1.93 bits per heavy atom. The van der Waals surface area contributed by atoms with Crippen molar-refractivity contribution in [3.63, 3.8) is 0 Å². The van der Waals surface area contributed by atoms with E-state index in [1.807, 2.05) is 29.2 Å². The van der Waals surface area contributed by atoms with Gasteiger partial charge in [-0.25, -0.2) is 4.98 Å². The fraction of sp³-hybridized carbons (Fsp3) is 0.364. The summed E-state index contributed by atoms with van der Waals surface area (Å²) < 4.78 is 45.5. The normalized spacial score (nSPS) is 19.0. The Morgan fingerprint density at radius 3 is 2.70 bits per heavy atom. The lowest BCUT2D eigenvalue weighted by atomic mass is 9.96. The van der Waals surface area contributed by atoms with Gasteiger partial charge in [0.15, 0.2) is 11.5 Å². The Bertz CT molecular complexity index is 1010. The summed E-state index contributed by atoms with van der Waals surface area (Å²) in [6.45, 7) is 2.95. The molecule has 158 valence electrons. The Morgan fingerprint density at radius 1 is 1.20 bits per heavy atom. The molecule has 2 atom stereocenters. The van der Waals surface area contributed by atoms with E-state index in [1.54, 1.807) is 6.92 Å². The van der Waals surface area contributed by atoms with Crippen LogP contribution in [0.1, 0.15) is 37.1 Å². The maximum absolute atomic E-state index is 13.2. The number of oxazole rings is 1. The van der Waals surface area contributed by atoms with Gasteiger partial charge in [-0.2, -0.15) is 13.2 Å². The number of halogens is 3. The van der Waals surface area contributed by atoms with Crippen molar-refractivity contribution in [2.24, 2.45) is 0 Å². The number of carbonyl (C=O) groups excluding carboxylic acids is 1. The second kappa shape index (κ2) is 8.10. The fourth-order valence-corrected chi connectivity index (χ4v) is 3.87. The van der Waals surface area contributed by atoms with Crippen molar-refractivity contribution >= 4 is 22.7 Å². The van der Waals surface area contributed by atoms with Crippen LogP contribution in [0.5, 0.6) is 0 Å². The highest BCUT2D eigenvalue weighted by Crippen LogP contribution is 2.35. The fourth-order valence-electron chi connectivity index (χ4n) is 3.87. The largest absolute Gasteiger partial charge is 0.440 e. The first-order valence-electron chi connectivity index (χ1n) is 9.89. The van der Waals surface area contributed by atoms with Crippen LogP contribution in [0.2, 0.25) is 0 Å². The van der Waals surface area contributed by atoms with E-state index in [9.17, 15) is 18.0 Å². The number of hydrogen-bond acceptors (Lipinski definition) is 4. The van der Waals surface area contributed by atoms with Crippen molar-refractivity contribution in [2.45, 2.75) is 37.9 Å². The summed E-state index contributed by atoms with van der Waals surface area (Å²) in [4.78, 5) is 19.2. The molecule has 1 aromatic heterocycles. The molecule has 0 aliphatic carbocycles. The topological polar surface area (TPSA) is 58.4 Å². The molecule has 3 aromatic rings. The maximum atomic E-state index is 13.2. The summed E-state index contributed by atoms with van der Waals surface area (Å²) in [6, 6.07) is 11.9. The van der Waals surface area contributed by atoms with Crippen LogP contribution in [0, 0.1) is 0 Å². The summed E-state index contributed by atoms with van der Waals surface area (Å²) >= 11 is 0. The number of piperidine rings is 1. The van der Waals surface area contributed by atoms with Gasteiger partial charge in [-0.15, -0.1) is 0 Å². The van der Waals surface area contributed by atoms with Gasteiger partial charge >= 0.3 is 6.18 Å². The highest BCUT2D eigenvalue weighted by molar-refractivity contribution is 5.95. The number of amides is 1. The van der Waals surface area contributed by atoms with Gasteiger partial charge < -0.3 is 9.73 Å². The van der Waals surface area contributed by atoms with E-state index in [4.69, 9.17) is 4.42 Å². The number of aromatic nitrogens is 1. The molecule has 1 aliphatic heterocycles. The highest BCUT2D eigenvalue weighted by Gasteiger charge is 2.35. The molecule has 1 N–H and O–H groups in total. The summed E-state index contributed by atoms with van der Waals surface area (Å²) in [5.41, 5.74) is 0.432. The van der Waals surface area contributed by atoms with Crippen LogP contribution >= 0.6 is 0 Å². The Kier molecular flexibility index (Phi) is 5.51. The van der Waals surface area contributed by atoms with Crippen molar-refractivity contribution in [3.8, 4) is 0 Å². The minimum Gasteiger partial charge on any atom is -0.440 e. The van der Waals surface area contributed by atoms with Crippen LogP contribution in [0.4, 0.5) is 18.9 Å². The molecule has 2 unspecified atom stereocenters. The van der Waals surface area contributed by atoms with E-state index < -0.39 is 23.7 Å². The first-order chi connectivity index (χ1) is 14.3. The van der Waals surface area contributed by atoms with Crippen molar-refractivity contribution in [2.75, 3.05) is 18.4 Å². The molecule has 1 aliphatic rings. The number of para-hydroxylation sites is 3. The van der Waals surface area contributed by atoms with Crippen molar-refractivity contribution < 1.29 is 22.4 Å². The predicted molar refractivity (Wildman–Crippen MR) is 107 cm³/mol. The molecule has 5 nitrogen and oxygen atoms in total. The van der Waals surface area contributed by atoms with Crippen LogP contribution in [-0.4, -0.2) is 34.9 Å². The van der Waals surface area contributed by atoms with E-state index in [1.165, 1.54) is 18.2 Å². The van der Waals surface area contributed by atoms with E-state index in [0.29, 0.717) is 19.0 Å². The molecular formula is C22H22F3N3O2. The minimum atomic E-state index is -4.53. The van der Waals surface area contributed by atoms with Gasteiger partial charge in [-0.3, -0.25) is 9.69 Å². The number of rotatable bonds is 4. The molecule has 0 saturated carbocycles. The lowest BCUT2D eigenvalue weighted by Gasteiger charge is -2.35. The molecule has 0 radical (unpaired) electrons. The van der Waals surface area contributed by atoms with Crippen LogP contribution in [-0.2, 0) is 11.0 Å². The Hall–Kier alpha value is -2.87. The second-order valence-corrected chi connectivity index (χ2v) is 7.56. The van der Waals surface area contributed by atoms with Crippen LogP contribution < -0.4 is 5.32 Å². The maximum Gasteiger partial charge on any atom is 0.418 e. The minimum absolute atomic E-state index is 0.0314. The zero-order chi connectivity index (χ0) is 21.3. The summed E-state index contributed by atoms with van der Waals surface area (Å²) in [5.74, 6) is 0.199. The van der Waals surface area contributed by atoms with E-state index in [0.717, 1.165) is 30.0 Å². The number of anilines is 1. The third-order valence-electron chi connectivity index (χ3n) is 5.53. The average molecular weight is 417 g/mol. The lowest BCUT2D eigenvalue weighted by Crippen LogP contribution is -2.46. The lowest BCUT2D eigenvalue weighted by molar-refractivity contribution is -0.137. The predicted octanol–water partition coefficient (Wildman–Crippen LogP) is 5.05. The molecule has 0 spiro atoms. The van der Waals surface area contributed by atoms with Gasteiger partial charge in [-0.1, -0.05) is 24.3 Å². The van der Waals surface area contributed by atoms with Gasteiger partial charge in [0.25, 0.3) is 0 Å². The van der Waals surface area contributed by atoms with E-state index in [2.05, 4.69) is 10.3 Å². The van der Waals surface area contributed by atoms with Gasteiger partial charge in [0.2, 0.25) is 5.91 Å². The standard InChI is InChI=1S/C22H22F3N3O2/c1-14(20(29)26-17-9-3-2-8-16(17)22(23,24)25)28-12-6-7-15(13-28)21-27-18-10-4-5-11-19(18)30-21/h2-5,8-11,14-15H,6-7,12-13H2,1H3,(H,26,29). The number of alkyl halides is 3. The van der Waals surface area contributed by atoms with Gasteiger partial charge in [-0.05, 0) is 50.6 Å². The van der Waals surface area contributed by atoms with E-state index >= 15 is 0 Å². The number of nitrogens with one attached hydrogen (secondary N) is 1. The third-order valence-corrected chi connectivity index (χ3v) is 5.53. The van der Waals surface area contributed by atoms with Crippen molar-refractivity contribution in [1.82, 2.24) is 9.88 Å². The zero-order valence-corrected chi connectivity index (χ0v) is 16.4. The quantitative estimate of drug-likeness (QED) is 0.645. The van der Waals surface area contributed by atoms with Crippen LogP contribution in [0.15, 0.2) is 52.9 Å². The third kappa shape index (κ3) is 4.18. The molecule has 4 rings (SSSR count).